The summed E-state index contributed by atoms with van der Waals surface area (Å²) in [4.78, 5) is 7.94. The van der Waals surface area contributed by atoms with Crippen molar-refractivity contribution < 1.29 is 5.11 Å². The highest BCUT2D eigenvalue weighted by atomic mass is 16.3. The maximum absolute atomic E-state index is 8.86. The fourth-order valence-electron chi connectivity index (χ4n) is 0.999. The number of nitriles is 1. The third kappa shape index (κ3) is 2.23. The van der Waals surface area contributed by atoms with Gasteiger partial charge in [0.1, 0.15) is 12.2 Å². The molecular formula is C9H11N3O. The van der Waals surface area contributed by atoms with E-state index in [1.165, 1.54) is 6.33 Å². The highest BCUT2D eigenvalue weighted by Gasteiger charge is 2.10. The smallest absolute Gasteiger partial charge is 0.115 e. The molecule has 1 aromatic rings. The van der Waals surface area contributed by atoms with E-state index in [4.69, 9.17) is 10.4 Å². The van der Waals surface area contributed by atoms with E-state index in [2.05, 4.69) is 9.97 Å². The zero-order valence-electron chi connectivity index (χ0n) is 7.44. The zero-order valence-corrected chi connectivity index (χ0v) is 7.44. The van der Waals surface area contributed by atoms with Crippen LogP contribution in [0.2, 0.25) is 0 Å². The van der Waals surface area contributed by atoms with Crippen molar-refractivity contribution in [2.75, 3.05) is 6.61 Å². The predicted octanol–water partition coefficient (Wildman–Crippen LogP) is 0.638. The van der Waals surface area contributed by atoms with Crippen LogP contribution >= 0.6 is 0 Å². The lowest BCUT2D eigenvalue weighted by molar-refractivity contribution is 0.284. The quantitative estimate of drug-likeness (QED) is 0.735. The molecule has 0 fully saturated rings. The van der Waals surface area contributed by atoms with Gasteiger partial charge in [-0.25, -0.2) is 9.97 Å². The molecule has 1 N–H and O–H groups in total. The summed E-state index contributed by atoms with van der Waals surface area (Å²) in [6.45, 7) is 1.78. The van der Waals surface area contributed by atoms with Crippen molar-refractivity contribution in [3.63, 3.8) is 0 Å². The Morgan fingerprint density at radius 1 is 1.62 bits per heavy atom. The number of aliphatic hydroxyl groups excluding tert-OH is 1. The van der Waals surface area contributed by atoms with Crippen LogP contribution in [0.1, 0.15) is 24.2 Å². The van der Waals surface area contributed by atoms with E-state index in [1.807, 2.05) is 13.0 Å². The summed E-state index contributed by atoms with van der Waals surface area (Å²) in [5.41, 5.74) is 1.48. The summed E-state index contributed by atoms with van der Waals surface area (Å²) in [5, 5.41) is 17.5. The van der Waals surface area contributed by atoms with Crippen molar-refractivity contribution in [3.8, 4) is 6.07 Å². The summed E-state index contributed by atoms with van der Waals surface area (Å²) >= 11 is 0. The molecule has 13 heavy (non-hydrogen) atoms. The minimum Gasteiger partial charge on any atom is -0.395 e. The van der Waals surface area contributed by atoms with Gasteiger partial charge in [-0.3, -0.25) is 0 Å². The Kier molecular flexibility index (Phi) is 3.35. The van der Waals surface area contributed by atoms with Crippen LogP contribution in [0.3, 0.4) is 0 Å². The Hall–Kier alpha value is -1.47. The normalized spacial score (nSPS) is 12.1. The van der Waals surface area contributed by atoms with Gasteiger partial charge in [0.15, 0.2) is 0 Å². The first kappa shape index (κ1) is 9.62. The van der Waals surface area contributed by atoms with Crippen LogP contribution in [0, 0.1) is 11.3 Å². The lowest BCUT2D eigenvalue weighted by atomic mass is 10.1. The third-order valence-corrected chi connectivity index (χ3v) is 1.80. The molecule has 0 saturated carbocycles. The van der Waals surface area contributed by atoms with Crippen molar-refractivity contribution >= 4 is 0 Å². The number of aromatic nitrogens is 2. The fraction of sp³-hybridized carbons (Fsp3) is 0.444. The molecule has 0 saturated heterocycles. The fourth-order valence-corrected chi connectivity index (χ4v) is 0.999. The van der Waals surface area contributed by atoms with Crippen molar-refractivity contribution in [1.82, 2.24) is 9.97 Å². The van der Waals surface area contributed by atoms with E-state index in [9.17, 15) is 0 Å². The average Bonchev–Trinajstić information content (AvgIpc) is 2.20. The van der Waals surface area contributed by atoms with E-state index >= 15 is 0 Å². The Labute approximate surface area is 76.9 Å². The van der Waals surface area contributed by atoms with Gasteiger partial charge in [-0.15, -0.1) is 0 Å². The highest BCUT2D eigenvalue weighted by Crippen LogP contribution is 2.11. The molecule has 0 aliphatic heterocycles. The van der Waals surface area contributed by atoms with Crippen LogP contribution in [0.4, 0.5) is 0 Å². The topological polar surface area (TPSA) is 69.8 Å². The molecule has 4 nitrogen and oxygen atoms in total. The van der Waals surface area contributed by atoms with Gasteiger partial charge >= 0.3 is 0 Å². The lowest BCUT2D eigenvalue weighted by Crippen LogP contribution is -2.05. The molecule has 1 unspecified atom stereocenters. The molecule has 0 amide bonds. The first-order valence-electron chi connectivity index (χ1n) is 4.13. The summed E-state index contributed by atoms with van der Waals surface area (Å²) in [6.07, 6.45) is 2.23. The Morgan fingerprint density at radius 2 is 2.38 bits per heavy atom. The van der Waals surface area contributed by atoms with Crippen molar-refractivity contribution in [2.45, 2.75) is 19.3 Å². The van der Waals surface area contributed by atoms with Gasteiger partial charge in [-0.2, -0.15) is 5.26 Å². The van der Waals surface area contributed by atoms with Gasteiger partial charge in [0.05, 0.1) is 18.4 Å². The number of nitrogens with zero attached hydrogens (tertiary/aromatic N) is 3. The number of hydrogen-bond acceptors (Lipinski definition) is 4. The third-order valence-electron chi connectivity index (χ3n) is 1.80. The van der Waals surface area contributed by atoms with Crippen molar-refractivity contribution in [2.24, 2.45) is 0 Å². The van der Waals surface area contributed by atoms with Crippen LogP contribution in [0.15, 0.2) is 12.4 Å². The molecule has 1 atom stereocenters. The first-order valence-corrected chi connectivity index (χ1v) is 4.13. The Bertz CT molecular complexity index is 319. The molecule has 0 radical (unpaired) electrons. The van der Waals surface area contributed by atoms with Gasteiger partial charge in [0.2, 0.25) is 0 Å². The first-order chi connectivity index (χ1) is 6.31. The van der Waals surface area contributed by atoms with Crippen molar-refractivity contribution in [1.29, 1.82) is 5.26 Å². The van der Waals surface area contributed by atoms with E-state index in [-0.39, 0.29) is 6.61 Å². The van der Waals surface area contributed by atoms with Crippen LogP contribution < -0.4 is 0 Å². The van der Waals surface area contributed by atoms with E-state index < -0.39 is 5.92 Å². The molecule has 1 aromatic heterocycles. The summed E-state index contributed by atoms with van der Waals surface area (Å²) in [5.74, 6) is -0.534. The maximum atomic E-state index is 8.86. The summed E-state index contributed by atoms with van der Waals surface area (Å²) < 4.78 is 0. The second-order valence-electron chi connectivity index (χ2n) is 2.65. The SMILES string of the molecule is CCc1cc(C(C#N)CO)ncn1. The molecule has 0 bridgehead atoms. The Morgan fingerprint density at radius 3 is 2.92 bits per heavy atom. The number of aryl methyl sites for hydroxylation is 1. The second kappa shape index (κ2) is 4.53. The lowest BCUT2D eigenvalue weighted by Gasteiger charge is -2.04. The minimum atomic E-state index is -0.534. The molecule has 4 heteroatoms. The summed E-state index contributed by atoms with van der Waals surface area (Å²) in [7, 11) is 0. The highest BCUT2D eigenvalue weighted by molar-refractivity contribution is 5.18. The maximum Gasteiger partial charge on any atom is 0.115 e. The molecule has 0 spiro atoms. The largest absolute Gasteiger partial charge is 0.395 e. The van der Waals surface area contributed by atoms with Crippen LogP contribution in [0.25, 0.3) is 0 Å². The van der Waals surface area contributed by atoms with E-state index in [1.54, 1.807) is 6.07 Å². The van der Waals surface area contributed by atoms with Gasteiger partial charge in [-0.05, 0) is 12.5 Å². The van der Waals surface area contributed by atoms with Crippen LogP contribution in [0.5, 0.6) is 0 Å². The van der Waals surface area contributed by atoms with Crippen LogP contribution in [-0.4, -0.2) is 21.7 Å². The van der Waals surface area contributed by atoms with Gasteiger partial charge in [-0.1, -0.05) is 6.92 Å². The Balaban J connectivity index is 2.94. The van der Waals surface area contributed by atoms with Gasteiger partial charge < -0.3 is 5.11 Å². The number of aliphatic hydroxyl groups is 1. The van der Waals surface area contributed by atoms with Gasteiger partial charge in [0, 0.05) is 5.69 Å². The van der Waals surface area contributed by atoms with Crippen LogP contribution in [-0.2, 0) is 6.42 Å². The minimum absolute atomic E-state index is 0.198. The molecular weight excluding hydrogens is 166 g/mol. The predicted molar refractivity (Wildman–Crippen MR) is 46.8 cm³/mol. The molecule has 0 aliphatic carbocycles. The molecule has 68 valence electrons. The average molecular weight is 177 g/mol. The molecule has 0 aromatic carbocycles. The molecule has 1 heterocycles. The van der Waals surface area contributed by atoms with E-state index in [0.717, 1.165) is 12.1 Å². The number of hydrogen-bond donors (Lipinski definition) is 1. The monoisotopic (exact) mass is 177 g/mol. The van der Waals surface area contributed by atoms with Gasteiger partial charge in [0.25, 0.3) is 0 Å². The van der Waals surface area contributed by atoms with E-state index in [0.29, 0.717) is 5.69 Å². The molecule has 0 aliphatic rings. The standard InChI is InChI=1S/C9H11N3O/c1-2-8-3-9(12-6-11-8)7(4-10)5-13/h3,6-7,13H,2,5H2,1H3. The molecule has 1 rings (SSSR count). The summed E-state index contributed by atoms with van der Waals surface area (Å²) in [6, 6.07) is 3.73. The number of rotatable bonds is 3. The zero-order chi connectivity index (χ0) is 9.68. The van der Waals surface area contributed by atoms with Crippen molar-refractivity contribution in [3.05, 3.63) is 23.8 Å². The second-order valence-corrected chi connectivity index (χ2v) is 2.65.